The van der Waals surface area contributed by atoms with Gasteiger partial charge in [0.25, 0.3) is 5.69 Å². The molecule has 1 N–H and O–H groups in total. The maximum Gasteiger partial charge on any atom is 0.345 e. The number of nitro groups is 1. The molecule has 10 nitrogen and oxygen atoms in total. The highest BCUT2D eigenvalue weighted by Gasteiger charge is 2.33. The number of aromatic nitrogens is 3. The standard InChI is InChI=1S/C19H24N6O4/c1-22-19(27)24(15-6-7-15)18(21-22)13-8-10-23(11-9-13)12-17(26)20-14-2-4-16(5-3-14)25(28)29/h2-5,13,15H,6-12H2,1H3,(H,20,26). The largest absolute Gasteiger partial charge is 0.345 e. The summed E-state index contributed by atoms with van der Waals surface area (Å²) in [5.74, 6) is 0.971. The Kier molecular flexibility index (Phi) is 5.18. The number of likely N-dealkylation sites (tertiary alicyclic amines) is 1. The maximum atomic E-state index is 12.3. The molecule has 2 fully saturated rings. The number of nitrogens with one attached hydrogen (secondary N) is 1. The second kappa shape index (κ2) is 7.78. The number of piperidine rings is 1. The van der Waals surface area contributed by atoms with Crippen molar-refractivity contribution < 1.29 is 9.72 Å². The smallest absolute Gasteiger partial charge is 0.325 e. The number of hydrogen-bond acceptors (Lipinski definition) is 6. The topological polar surface area (TPSA) is 115 Å². The summed E-state index contributed by atoms with van der Waals surface area (Å²) in [5, 5.41) is 17.9. The first-order valence-corrected chi connectivity index (χ1v) is 9.84. The van der Waals surface area contributed by atoms with Gasteiger partial charge in [-0.1, -0.05) is 0 Å². The fourth-order valence-corrected chi connectivity index (χ4v) is 3.87. The van der Waals surface area contributed by atoms with Gasteiger partial charge in [0.15, 0.2) is 0 Å². The Labute approximate surface area is 167 Å². The molecule has 0 bridgehead atoms. The molecule has 1 aromatic carbocycles. The summed E-state index contributed by atoms with van der Waals surface area (Å²) in [5.41, 5.74) is 0.495. The number of hydrogen-bond donors (Lipinski definition) is 1. The van der Waals surface area contributed by atoms with Crippen LogP contribution in [0.2, 0.25) is 0 Å². The second-order valence-electron chi connectivity index (χ2n) is 7.77. The van der Waals surface area contributed by atoms with Gasteiger partial charge in [-0.15, -0.1) is 0 Å². The molecular formula is C19H24N6O4. The molecule has 2 aromatic rings. The number of benzene rings is 1. The molecular weight excluding hydrogens is 376 g/mol. The minimum Gasteiger partial charge on any atom is -0.325 e. The minimum absolute atomic E-state index is 0.00994. The van der Waals surface area contributed by atoms with Crippen LogP contribution >= 0.6 is 0 Å². The molecule has 154 valence electrons. The van der Waals surface area contributed by atoms with Crippen molar-refractivity contribution in [2.75, 3.05) is 25.0 Å². The molecule has 1 aromatic heterocycles. The van der Waals surface area contributed by atoms with E-state index in [1.807, 2.05) is 4.57 Å². The number of aryl methyl sites for hydroxylation is 1. The SMILES string of the molecule is Cn1nc(C2CCN(CC(=O)Nc3ccc([N+](=O)[O-])cc3)CC2)n(C2CC2)c1=O. The normalized spacial score (nSPS) is 18.0. The number of anilines is 1. The van der Waals surface area contributed by atoms with Crippen molar-refractivity contribution in [3.05, 3.63) is 50.7 Å². The lowest BCUT2D eigenvalue weighted by molar-refractivity contribution is -0.384. The average Bonchev–Trinajstić information content (AvgIpc) is 3.48. The molecule has 0 spiro atoms. The van der Waals surface area contributed by atoms with E-state index in [1.54, 1.807) is 7.05 Å². The molecule has 0 radical (unpaired) electrons. The predicted molar refractivity (Wildman–Crippen MR) is 106 cm³/mol. The number of carbonyl (C=O) groups is 1. The van der Waals surface area contributed by atoms with Gasteiger partial charge in [0.05, 0.1) is 11.5 Å². The highest BCUT2D eigenvalue weighted by Crippen LogP contribution is 2.37. The van der Waals surface area contributed by atoms with Crippen molar-refractivity contribution in [1.82, 2.24) is 19.2 Å². The summed E-state index contributed by atoms with van der Waals surface area (Å²) < 4.78 is 3.29. The van der Waals surface area contributed by atoms with Crippen LogP contribution in [0.5, 0.6) is 0 Å². The summed E-state index contributed by atoms with van der Waals surface area (Å²) in [6, 6.07) is 6.10. The van der Waals surface area contributed by atoms with Crippen molar-refractivity contribution in [3.63, 3.8) is 0 Å². The van der Waals surface area contributed by atoms with E-state index in [4.69, 9.17) is 0 Å². The molecule has 29 heavy (non-hydrogen) atoms. The Bertz CT molecular complexity index is 968. The number of nitro benzene ring substituents is 1. The van der Waals surface area contributed by atoms with E-state index >= 15 is 0 Å². The van der Waals surface area contributed by atoms with Crippen molar-refractivity contribution >= 4 is 17.3 Å². The zero-order valence-corrected chi connectivity index (χ0v) is 16.3. The lowest BCUT2D eigenvalue weighted by Gasteiger charge is -2.31. The lowest BCUT2D eigenvalue weighted by Crippen LogP contribution is -2.39. The average molecular weight is 400 g/mol. The third-order valence-electron chi connectivity index (χ3n) is 5.58. The van der Waals surface area contributed by atoms with Gasteiger partial charge in [0, 0.05) is 36.8 Å². The number of carbonyl (C=O) groups excluding carboxylic acids is 1. The van der Waals surface area contributed by atoms with E-state index in [9.17, 15) is 19.7 Å². The summed E-state index contributed by atoms with van der Waals surface area (Å²) >= 11 is 0. The van der Waals surface area contributed by atoms with Crippen LogP contribution in [0.15, 0.2) is 29.1 Å². The Morgan fingerprint density at radius 2 is 1.86 bits per heavy atom. The summed E-state index contributed by atoms with van der Waals surface area (Å²) in [4.78, 5) is 36.9. The zero-order chi connectivity index (χ0) is 20.5. The van der Waals surface area contributed by atoms with Crippen molar-refractivity contribution in [2.45, 2.75) is 37.6 Å². The summed E-state index contributed by atoms with van der Waals surface area (Å²) in [6.45, 7) is 1.78. The van der Waals surface area contributed by atoms with Crippen LogP contribution in [0.3, 0.4) is 0 Å². The molecule has 4 rings (SSSR count). The molecule has 0 unspecified atom stereocenters. The van der Waals surface area contributed by atoms with Gasteiger partial charge in [-0.25, -0.2) is 9.48 Å². The highest BCUT2D eigenvalue weighted by atomic mass is 16.6. The first-order valence-electron chi connectivity index (χ1n) is 9.84. The van der Waals surface area contributed by atoms with Gasteiger partial charge < -0.3 is 5.32 Å². The van der Waals surface area contributed by atoms with Gasteiger partial charge in [-0.05, 0) is 50.9 Å². The van der Waals surface area contributed by atoms with E-state index in [2.05, 4.69) is 15.3 Å². The molecule has 1 saturated carbocycles. The van der Waals surface area contributed by atoms with Gasteiger partial charge >= 0.3 is 5.69 Å². The minimum atomic E-state index is -0.472. The van der Waals surface area contributed by atoms with E-state index in [0.717, 1.165) is 44.6 Å². The molecule has 1 aliphatic heterocycles. The van der Waals surface area contributed by atoms with Gasteiger partial charge in [0.1, 0.15) is 5.82 Å². The summed E-state index contributed by atoms with van der Waals surface area (Å²) in [6.07, 6.45) is 3.79. The Morgan fingerprint density at radius 3 is 2.45 bits per heavy atom. The predicted octanol–water partition coefficient (Wildman–Crippen LogP) is 1.64. The van der Waals surface area contributed by atoms with Crippen LogP contribution in [-0.4, -0.2) is 49.7 Å². The van der Waals surface area contributed by atoms with Crippen molar-refractivity contribution in [2.24, 2.45) is 7.05 Å². The van der Waals surface area contributed by atoms with Crippen LogP contribution in [0, 0.1) is 10.1 Å². The van der Waals surface area contributed by atoms with E-state index in [0.29, 0.717) is 11.7 Å². The van der Waals surface area contributed by atoms with Crippen LogP contribution in [0.4, 0.5) is 11.4 Å². The highest BCUT2D eigenvalue weighted by molar-refractivity contribution is 5.92. The van der Waals surface area contributed by atoms with Crippen LogP contribution < -0.4 is 11.0 Å². The van der Waals surface area contributed by atoms with Crippen LogP contribution in [-0.2, 0) is 11.8 Å². The third-order valence-corrected chi connectivity index (χ3v) is 5.58. The third kappa shape index (κ3) is 4.21. The molecule has 1 amide bonds. The number of rotatable bonds is 6. The first-order chi connectivity index (χ1) is 13.9. The monoisotopic (exact) mass is 400 g/mol. The van der Waals surface area contributed by atoms with E-state index < -0.39 is 4.92 Å². The van der Waals surface area contributed by atoms with E-state index in [-0.39, 0.29) is 29.7 Å². The fraction of sp³-hybridized carbons (Fsp3) is 0.526. The molecule has 1 aliphatic carbocycles. The maximum absolute atomic E-state index is 12.3. The van der Waals surface area contributed by atoms with Gasteiger partial charge in [-0.2, -0.15) is 5.10 Å². The number of amides is 1. The molecule has 2 heterocycles. The quantitative estimate of drug-likeness (QED) is 0.582. The Hall–Kier alpha value is -3.01. The first kappa shape index (κ1) is 19.3. The van der Waals surface area contributed by atoms with Crippen LogP contribution in [0.1, 0.15) is 43.5 Å². The van der Waals surface area contributed by atoms with Crippen LogP contribution in [0.25, 0.3) is 0 Å². The zero-order valence-electron chi connectivity index (χ0n) is 16.3. The van der Waals surface area contributed by atoms with E-state index in [1.165, 1.54) is 28.9 Å². The Balaban J connectivity index is 1.31. The van der Waals surface area contributed by atoms with Gasteiger partial charge in [-0.3, -0.25) is 24.4 Å². The summed E-state index contributed by atoms with van der Waals surface area (Å²) in [7, 11) is 1.70. The van der Waals surface area contributed by atoms with Gasteiger partial charge in [0.2, 0.25) is 5.91 Å². The molecule has 0 atom stereocenters. The van der Waals surface area contributed by atoms with Crippen molar-refractivity contribution in [1.29, 1.82) is 0 Å². The Morgan fingerprint density at radius 1 is 1.21 bits per heavy atom. The fourth-order valence-electron chi connectivity index (χ4n) is 3.87. The number of non-ortho nitro benzene ring substituents is 1. The van der Waals surface area contributed by atoms with Crippen molar-refractivity contribution in [3.8, 4) is 0 Å². The lowest BCUT2D eigenvalue weighted by atomic mass is 9.96. The molecule has 2 aliphatic rings. The second-order valence-corrected chi connectivity index (χ2v) is 7.77. The molecule has 10 heteroatoms. The molecule has 1 saturated heterocycles. The number of nitrogens with zero attached hydrogens (tertiary/aromatic N) is 5.